The van der Waals surface area contributed by atoms with E-state index in [2.05, 4.69) is 19.2 Å². The highest BCUT2D eigenvalue weighted by molar-refractivity contribution is 7.82. The van der Waals surface area contributed by atoms with Crippen LogP contribution < -0.4 is 15.2 Å². The van der Waals surface area contributed by atoms with Gasteiger partial charge in [0.1, 0.15) is 16.7 Å². The van der Waals surface area contributed by atoms with E-state index in [0.29, 0.717) is 21.8 Å². The van der Waals surface area contributed by atoms with Crippen molar-refractivity contribution in [3.63, 3.8) is 0 Å². The maximum absolute atomic E-state index is 11.3. The molecule has 1 aliphatic rings. The molecule has 3 unspecified atom stereocenters. The Morgan fingerprint density at radius 1 is 1.24 bits per heavy atom. The topological polar surface area (TPSA) is 64.3 Å². The predicted molar refractivity (Wildman–Crippen MR) is 104 cm³/mol. The molecule has 134 valence electrons. The Bertz CT molecular complexity index is 793. The molecule has 0 bridgehead atoms. The van der Waals surface area contributed by atoms with Crippen LogP contribution in [-0.2, 0) is 11.0 Å². The van der Waals surface area contributed by atoms with Gasteiger partial charge >= 0.3 is 0 Å². The van der Waals surface area contributed by atoms with Gasteiger partial charge in [-0.1, -0.05) is 37.6 Å². The molecule has 2 aromatic carbocycles. The molecule has 0 saturated heterocycles. The van der Waals surface area contributed by atoms with E-state index < -0.39 is 11.0 Å². The molecule has 1 aliphatic carbocycles. The molecule has 0 radical (unpaired) electrons. The van der Waals surface area contributed by atoms with Gasteiger partial charge in [-0.2, -0.15) is 0 Å². The third-order valence-corrected chi connectivity index (χ3v) is 6.17. The Labute approximate surface area is 156 Å². The van der Waals surface area contributed by atoms with Gasteiger partial charge in [0.05, 0.1) is 17.7 Å². The van der Waals surface area contributed by atoms with E-state index in [1.165, 1.54) is 5.56 Å². The zero-order valence-electron chi connectivity index (χ0n) is 14.6. The first kappa shape index (κ1) is 18.2. The minimum atomic E-state index is -1.43. The summed E-state index contributed by atoms with van der Waals surface area (Å²) in [5.74, 6) is 1.73. The van der Waals surface area contributed by atoms with Crippen molar-refractivity contribution in [2.75, 3.05) is 19.0 Å². The third kappa shape index (κ3) is 3.68. The summed E-state index contributed by atoms with van der Waals surface area (Å²) in [5.41, 5.74) is 2.36. The molecule has 3 N–H and O–H groups in total. The van der Waals surface area contributed by atoms with Crippen molar-refractivity contribution >= 4 is 28.3 Å². The van der Waals surface area contributed by atoms with Gasteiger partial charge in [0.2, 0.25) is 0 Å². The van der Waals surface area contributed by atoms with Gasteiger partial charge in [0, 0.05) is 11.6 Å². The van der Waals surface area contributed by atoms with Crippen LogP contribution in [0, 0.1) is 11.3 Å². The first-order chi connectivity index (χ1) is 11.8. The summed E-state index contributed by atoms with van der Waals surface area (Å²) >= 11 is 6.10. The molecular formula is C19H23ClN2O2S. The normalized spacial score (nSPS) is 22.3. The maximum atomic E-state index is 11.3. The molecule has 6 heteroatoms. The highest BCUT2D eigenvalue weighted by Crippen LogP contribution is 2.64. The lowest BCUT2D eigenvalue weighted by molar-refractivity contribution is 0.416. The fourth-order valence-corrected chi connectivity index (χ4v) is 4.21. The zero-order valence-corrected chi connectivity index (χ0v) is 16.2. The van der Waals surface area contributed by atoms with E-state index >= 15 is 0 Å². The summed E-state index contributed by atoms with van der Waals surface area (Å²) in [6.45, 7) is 5.38. The van der Waals surface area contributed by atoms with Crippen LogP contribution in [0.2, 0.25) is 5.02 Å². The molecule has 3 atom stereocenters. The summed E-state index contributed by atoms with van der Waals surface area (Å²) in [7, 11) is 0.223. The molecule has 1 fully saturated rings. The largest absolute Gasteiger partial charge is 0.495 e. The second kappa shape index (κ2) is 6.98. The average molecular weight is 379 g/mol. The van der Waals surface area contributed by atoms with Gasteiger partial charge in [-0.25, -0.2) is 9.35 Å². The number of nitrogens with one attached hydrogen (secondary N) is 1. The van der Waals surface area contributed by atoms with E-state index in [9.17, 15) is 4.21 Å². The van der Waals surface area contributed by atoms with Crippen LogP contribution in [0.1, 0.15) is 25.3 Å². The molecule has 0 spiro atoms. The second-order valence-corrected chi connectivity index (χ2v) is 8.50. The van der Waals surface area contributed by atoms with E-state index in [0.717, 1.165) is 18.0 Å². The van der Waals surface area contributed by atoms with Crippen LogP contribution in [0.3, 0.4) is 0 Å². The van der Waals surface area contributed by atoms with Crippen LogP contribution >= 0.6 is 11.6 Å². The summed E-state index contributed by atoms with van der Waals surface area (Å²) in [4.78, 5) is 0.653. The fraction of sp³-hybridized carbons (Fsp3) is 0.368. The highest BCUT2D eigenvalue weighted by Gasteiger charge is 2.57. The van der Waals surface area contributed by atoms with Gasteiger partial charge in [-0.05, 0) is 53.1 Å². The van der Waals surface area contributed by atoms with Crippen molar-refractivity contribution in [1.82, 2.24) is 0 Å². The van der Waals surface area contributed by atoms with Crippen molar-refractivity contribution < 1.29 is 8.95 Å². The first-order valence-corrected chi connectivity index (χ1v) is 9.77. The summed E-state index contributed by atoms with van der Waals surface area (Å²) < 4.78 is 16.7. The highest BCUT2D eigenvalue weighted by atomic mass is 35.5. The first-order valence-electron chi connectivity index (χ1n) is 8.18. The van der Waals surface area contributed by atoms with Gasteiger partial charge in [0.25, 0.3) is 0 Å². The minimum Gasteiger partial charge on any atom is -0.495 e. The van der Waals surface area contributed by atoms with Crippen molar-refractivity contribution in [1.29, 1.82) is 0 Å². The predicted octanol–water partition coefficient (Wildman–Crippen LogP) is 4.18. The lowest BCUT2D eigenvalue weighted by atomic mass is 10.0. The summed E-state index contributed by atoms with van der Waals surface area (Å²) in [5, 5.41) is 9.58. The van der Waals surface area contributed by atoms with E-state index in [1.807, 2.05) is 42.5 Å². The van der Waals surface area contributed by atoms with Crippen LogP contribution in [0.25, 0.3) is 0 Å². The number of rotatable bonds is 6. The van der Waals surface area contributed by atoms with Crippen molar-refractivity contribution in [3.05, 3.63) is 53.1 Å². The number of nitrogens with two attached hydrogens (primary N) is 1. The molecule has 0 amide bonds. The Morgan fingerprint density at radius 2 is 1.92 bits per heavy atom. The molecule has 1 saturated carbocycles. The van der Waals surface area contributed by atoms with Crippen LogP contribution in [0.4, 0.5) is 5.69 Å². The maximum Gasteiger partial charge on any atom is 0.142 e. The smallest absolute Gasteiger partial charge is 0.142 e. The van der Waals surface area contributed by atoms with Gasteiger partial charge in [0.15, 0.2) is 0 Å². The van der Waals surface area contributed by atoms with Gasteiger partial charge in [-0.3, -0.25) is 0 Å². The number of halogens is 1. The van der Waals surface area contributed by atoms with Crippen molar-refractivity contribution in [3.8, 4) is 5.75 Å². The summed E-state index contributed by atoms with van der Waals surface area (Å²) in [6, 6.07) is 13.3. The number of anilines is 1. The Kier molecular flexibility index (Phi) is 5.09. The van der Waals surface area contributed by atoms with E-state index in [1.54, 1.807) is 7.11 Å². The molecule has 0 aromatic heterocycles. The third-order valence-electron chi connectivity index (χ3n) is 5.20. The Balaban J connectivity index is 1.71. The quantitative estimate of drug-likeness (QED) is 0.792. The van der Waals surface area contributed by atoms with Gasteiger partial charge < -0.3 is 10.1 Å². The zero-order chi connectivity index (χ0) is 18.2. The number of methoxy groups -OCH3 is 1. The van der Waals surface area contributed by atoms with Crippen LogP contribution in [-0.4, -0.2) is 17.9 Å². The number of benzene rings is 2. The number of hydrogen-bond acceptors (Lipinski definition) is 3. The SMILES string of the molecule is COc1ccc(Cl)cc1NCC1C(c2ccc(S(N)=O)cc2)C1(C)C. The Morgan fingerprint density at radius 3 is 2.52 bits per heavy atom. The minimum absolute atomic E-state index is 0.197. The lowest BCUT2D eigenvalue weighted by Gasteiger charge is -2.12. The van der Waals surface area contributed by atoms with Gasteiger partial charge in [-0.15, -0.1) is 0 Å². The summed E-state index contributed by atoms with van der Waals surface area (Å²) in [6.07, 6.45) is 0. The Hall–Kier alpha value is -1.56. The monoisotopic (exact) mass is 378 g/mol. The van der Waals surface area contributed by atoms with E-state index in [-0.39, 0.29) is 5.41 Å². The molecule has 0 aliphatic heterocycles. The van der Waals surface area contributed by atoms with Crippen LogP contribution in [0.15, 0.2) is 47.4 Å². The van der Waals surface area contributed by atoms with Crippen molar-refractivity contribution in [2.45, 2.75) is 24.7 Å². The molecule has 4 nitrogen and oxygen atoms in total. The van der Waals surface area contributed by atoms with E-state index in [4.69, 9.17) is 21.5 Å². The average Bonchev–Trinajstić information content (AvgIpc) is 3.13. The lowest BCUT2D eigenvalue weighted by Crippen LogP contribution is -2.08. The molecular weight excluding hydrogens is 356 g/mol. The number of hydrogen-bond donors (Lipinski definition) is 2. The molecule has 2 aromatic rings. The standard InChI is InChI=1S/C19H23ClN2O2S/c1-19(2)15(11-22-16-10-13(20)6-9-17(16)24-3)18(19)12-4-7-14(8-5-12)25(21)23/h4-10,15,18,22H,11,21H2,1-3H3. The molecule has 3 rings (SSSR count). The van der Waals surface area contributed by atoms with Crippen molar-refractivity contribution in [2.24, 2.45) is 16.5 Å². The number of ether oxygens (including phenoxy) is 1. The second-order valence-electron chi connectivity index (χ2n) is 7.00. The molecule has 0 heterocycles. The fourth-order valence-electron chi connectivity index (χ4n) is 3.63. The molecule has 25 heavy (non-hydrogen) atoms. The van der Waals surface area contributed by atoms with Crippen LogP contribution in [0.5, 0.6) is 5.75 Å².